The van der Waals surface area contributed by atoms with Crippen LogP contribution in [0.15, 0.2) is 126 Å². The first-order chi connectivity index (χ1) is 35.9. The van der Waals surface area contributed by atoms with E-state index in [0.717, 1.165) is 22.3 Å². The molecule has 0 radical (unpaired) electrons. The zero-order chi connectivity index (χ0) is 51.0. The van der Waals surface area contributed by atoms with Crippen LogP contribution in [0.5, 0.6) is 0 Å². The molecule has 396 valence electrons. The van der Waals surface area contributed by atoms with Crippen LogP contribution in [0.3, 0.4) is 0 Å². The zero-order valence-electron chi connectivity index (χ0n) is 42.3. The molecule has 4 aromatic carbocycles. The molecule has 18 heteroatoms. The first-order valence-corrected chi connectivity index (χ1v) is 25.8. The molecule has 18 nitrogen and oxygen atoms in total. The number of azide groups is 1. The third kappa shape index (κ3) is 10.4. The molecule has 0 spiro atoms. The van der Waals surface area contributed by atoms with E-state index in [1.54, 1.807) is 0 Å². The lowest BCUT2D eigenvalue weighted by molar-refractivity contribution is -0.465. The van der Waals surface area contributed by atoms with Gasteiger partial charge < -0.3 is 71.4 Å². The zero-order valence-corrected chi connectivity index (χ0v) is 42.3. The molecule has 11 rings (SSSR count). The van der Waals surface area contributed by atoms with Gasteiger partial charge in [-0.15, -0.1) is 0 Å². The second-order valence-corrected chi connectivity index (χ2v) is 21.0. The van der Waals surface area contributed by atoms with Gasteiger partial charge in [0.05, 0.1) is 76.7 Å². The number of nitrogens with zero attached hydrogens (tertiary/aromatic N) is 3. The van der Waals surface area contributed by atoms with Crippen LogP contribution in [0.1, 0.15) is 63.2 Å². The Balaban J connectivity index is 0.810. The number of benzene rings is 4. The van der Waals surface area contributed by atoms with Gasteiger partial charge in [0.1, 0.15) is 48.3 Å². The number of hydrogen-bond acceptors (Lipinski definition) is 16. The number of fused-ring (bicyclic) bond motifs is 3. The molecule has 0 amide bonds. The van der Waals surface area contributed by atoms with Crippen molar-refractivity contribution in [2.24, 2.45) is 17.0 Å². The molecule has 4 aromatic rings. The van der Waals surface area contributed by atoms with Crippen LogP contribution in [-0.2, 0) is 86.1 Å². The normalized spacial score (nSPS) is 40.1. The van der Waals surface area contributed by atoms with Crippen LogP contribution in [0.2, 0.25) is 0 Å². The lowest BCUT2D eigenvalue weighted by Crippen LogP contribution is -2.80. The van der Waals surface area contributed by atoms with Gasteiger partial charge in [0.25, 0.3) is 0 Å². The van der Waals surface area contributed by atoms with E-state index in [0.29, 0.717) is 19.8 Å². The standard InChI is InChI=1S/C56H67N3O15/c1-33-42(58-59-57)40(29-61-26-36-18-10-6-11-19-36)67-48-44(33)73-56(48,60)49-47-46(71-54(4,5)72-47)45(35(3)66-49)69-51-34(2)43(41(30-64-51)63-28-38-22-14-8-15-23-38)68-53-50-55(32-65-53,31-62-27-37-20-12-7-13-21-37)74-52(70-50)39-24-16-9-17-25-39/h6-25,33-35,40-53,60H,26-32H2,1-5H3/t33?,34?,35?,40?,41-,42-,43?,44?,45+,46?,47?,48-,49-,50-,51+,52+,53+,55?,56-/m1/s1. The van der Waals surface area contributed by atoms with Crippen LogP contribution in [0.25, 0.3) is 10.4 Å². The fourth-order valence-corrected chi connectivity index (χ4v) is 11.6. The summed E-state index contributed by atoms with van der Waals surface area (Å²) in [6, 6.07) is 38.9. The Morgan fingerprint density at radius 2 is 1.24 bits per heavy atom. The molecule has 7 fully saturated rings. The number of hydrogen-bond donors (Lipinski definition) is 1. The van der Waals surface area contributed by atoms with E-state index in [2.05, 4.69) is 10.0 Å². The summed E-state index contributed by atoms with van der Waals surface area (Å²) in [6.07, 6.45) is -10.5. The van der Waals surface area contributed by atoms with Gasteiger partial charge in [-0.2, -0.15) is 0 Å². The molecule has 9 unspecified atom stereocenters. The van der Waals surface area contributed by atoms with Crippen molar-refractivity contribution in [1.82, 2.24) is 0 Å². The fraction of sp³-hybridized carbons (Fsp3) is 0.571. The number of aliphatic hydroxyl groups is 1. The molecule has 0 saturated carbocycles. The van der Waals surface area contributed by atoms with E-state index in [9.17, 15) is 10.6 Å². The number of rotatable bonds is 18. The molecular formula is C56H67N3O15. The van der Waals surface area contributed by atoms with Crippen molar-refractivity contribution < 1.29 is 71.4 Å². The third-order valence-electron chi connectivity index (χ3n) is 15.4. The quantitative estimate of drug-likeness (QED) is 0.0585. The topological polar surface area (TPSA) is 198 Å². The molecule has 7 saturated heterocycles. The summed E-state index contributed by atoms with van der Waals surface area (Å²) < 4.78 is 92.7. The second kappa shape index (κ2) is 21.9. The smallest absolute Gasteiger partial charge is 0.225 e. The van der Waals surface area contributed by atoms with Gasteiger partial charge in [0, 0.05) is 16.4 Å². The van der Waals surface area contributed by atoms with Gasteiger partial charge in [0.2, 0.25) is 5.79 Å². The van der Waals surface area contributed by atoms with Crippen LogP contribution < -0.4 is 0 Å². The maximum absolute atomic E-state index is 12.6. The van der Waals surface area contributed by atoms with Gasteiger partial charge in [-0.1, -0.05) is 140 Å². The molecule has 1 N–H and O–H groups in total. The lowest BCUT2D eigenvalue weighted by Gasteiger charge is -2.61. The molecule has 7 aliphatic heterocycles. The van der Waals surface area contributed by atoms with E-state index >= 15 is 0 Å². The molecule has 0 bridgehead atoms. The summed E-state index contributed by atoms with van der Waals surface area (Å²) in [5.74, 6) is -3.83. The Morgan fingerprint density at radius 1 is 0.635 bits per heavy atom. The molecular weight excluding hydrogens is 955 g/mol. The van der Waals surface area contributed by atoms with Gasteiger partial charge in [0.15, 0.2) is 24.7 Å². The van der Waals surface area contributed by atoms with Crippen molar-refractivity contribution in [1.29, 1.82) is 0 Å². The Hall–Kier alpha value is -4.41. The average Bonchev–Trinajstić information content (AvgIpc) is 4.08. The van der Waals surface area contributed by atoms with Gasteiger partial charge in [-0.3, -0.25) is 0 Å². The fourth-order valence-electron chi connectivity index (χ4n) is 11.6. The minimum Gasteiger partial charge on any atom is -0.374 e. The summed E-state index contributed by atoms with van der Waals surface area (Å²) in [6.45, 7) is 11.1. The largest absolute Gasteiger partial charge is 0.374 e. The van der Waals surface area contributed by atoms with E-state index < -0.39 is 115 Å². The number of ether oxygens (including phenoxy) is 14. The second-order valence-electron chi connectivity index (χ2n) is 21.0. The summed E-state index contributed by atoms with van der Waals surface area (Å²) in [5, 5.41) is 16.7. The van der Waals surface area contributed by atoms with Crippen molar-refractivity contribution >= 4 is 0 Å². The van der Waals surface area contributed by atoms with Crippen molar-refractivity contribution in [3.05, 3.63) is 154 Å². The Labute approximate surface area is 431 Å². The molecule has 19 atom stereocenters. The van der Waals surface area contributed by atoms with Crippen LogP contribution >= 0.6 is 0 Å². The van der Waals surface area contributed by atoms with Crippen molar-refractivity contribution in [2.75, 3.05) is 26.4 Å². The summed E-state index contributed by atoms with van der Waals surface area (Å²) in [5.41, 5.74) is 12.5. The first-order valence-electron chi connectivity index (χ1n) is 25.8. The summed E-state index contributed by atoms with van der Waals surface area (Å²) in [7, 11) is 0. The van der Waals surface area contributed by atoms with Crippen molar-refractivity contribution in [3.63, 3.8) is 0 Å². The van der Waals surface area contributed by atoms with E-state index in [-0.39, 0.29) is 32.3 Å². The monoisotopic (exact) mass is 1020 g/mol. The highest BCUT2D eigenvalue weighted by molar-refractivity contribution is 5.20. The minimum absolute atomic E-state index is 0.119. The predicted molar refractivity (Wildman–Crippen MR) is 262 cm³/mol. The summed E-state index contributed by atoms with van der Waals surface area (Å²) >= 11 is 0. The van der Waals surface area contributed by atoms with E-state index in [1.807, 2.05) is 156 Å². The highest BCUT2D eigenvalue weighted by atomic mass is 16.8. The van der Waals surface area contributed by atoms with Crippen molar-refractivity contribution in [2.45, 2.75) is 164 Å². The molecule has 7 aliphatic rings. The first kappa shape index (κ1) is 51.7. The Bertz CT molecular complexity index is 2510. The lowest BCUT2D eigenvalue weighted by atomic mass is 9.75. The summed E-state index contributed by atoms with van der Waals surface area (Å²) in [4.78, 5) is 3.12. The van der Waals surface area contributed by atoms with Gasteiger partial charge in [-0.05, 0) is 48.9 Å². The van der Waals surface area contributed by atoms with Gasteiger partial charge in [-0.25, -0.2) is 0 Å². The average molecular weight is 1020 g/mol. The SMILES string of the molecule is CC1C(O[C@@H]2OCC3(COCc4ccccc4)O[C@@H](c4ccccc4)O[C@H]23)[C@H](OCc2ccccc2)CO[C@H]1O[C@H]1C(C)O[C@@H]([C@]2(O)OC3C(C)[C@@H](N=[N+]=[N-])C(COCc4ccccc4)O[C@H]32)C2OC(C)(C)OC21. The van der Waals surface area contributed by atoms with Crippen LogP contribution in [0.4, 0.5) is 0 Å². The van der Waals surface area contributed by atoms with Crippen molar-refractivity contribution in [3.8, 4) is 0 Å². The maximum atomic E-state index is 12.6. The molecule has 0 aliphatic carbocycles. The molecule has 7 heterocycles. The molecule has 0 aromatic heterocycles. The Kier molecular flexibility index (Phi) is 15.3. The minimum atomic E-state index is -1.96. The van der Waals surface area contributed by atoms with E-state index in [4.69, 9.17) is 66.3 Å². The van der Waals surface area contributed by atoms with Crippen LogP contribution in [0, 0.1) is 11.8 Å². The highest BCUT2D eigenvalue weighted by Crippen LogP contribution is 2.52. The van der Waals surface area contributed by atoms with Crippen LogP contribution in [-0.4, -0.2) is 134 Å². The Morgan fingerprint density at radius 3 is 1.92 bits per heavy atom. The maximum Gasteiger partial charge on any atom is 0.225 e. The highest BCUT2D eigenvalue weighted by Gasteiger charge is 2.72. The van der Waals surface area contributed by atoms with Gasteiger partial charge >= 0.3 is 0 Å². The predicted octanol–water partition coefficient (Wildman–Crippen LogP) is 7.45. The van der Waals surface area contributed by atoms with E-state index in [1.165, 1.54) is 0 Å². The third-order valence-corrected chi connectivity index (χ3v) is 15.4. The molecule has 74 heavy (non-hydrogen) atoms.